The second-order valence-electron chi connectivity index (χ2n) is 5.79. The molecule has 0 aromatic rings. The molecule has 0 aromatic carbocycles. The summed E-state index contributed by atoms with van der Waals surface area (Å²) in [5.41, 5.74) is 0. The lowest BCUT2D eigenvalue weighted by Gasteiger charge is -2.25. The number of nitrogens with zero attached hydrogens (tertiary/aromatic N) is 1. The Morgan fingerprint density at radius 1 is 0.700 bits per heavy atom. The van der Waals surface area contributed by atoms with E-state index in [9.17, 15) is 9.90 Å². The summed E-state index contributed by atoms with van der Waals surface area (Å²) in [5, 5.41) is 11.0. The van der Waals surface area contributed by atoms with Crippen molar-refractivity contribution in [3.63, 3.8) is 0 Å². The molecule has 0 aliphatic carbocycles. The zero-order valence-corrected chi connectivity index (χ0v) is 13.7. The van der Waals surface area contributed by atoms with Gasteiger partial charge in [0.25, 0.3) is 0 Å². The first-order chi connectivity index (χ1) is 9.72. The fourth-order valence-electron chi connectivity index (χ4n) is 2.46. The van der Waals surface area contributed by atoms with Gasteiger partial charge in [0.15, 0.2) is 0 Å². The third-order valence-electron chi connectivity index (χ3n) is 3.82. The van der Waals surface area contributed by atoms with E-state index in [0.29, 0.717) is 13.1 Å². The van der Waals surface area contributed by atoms with Gasteiger partial charge >= 0.3 is 0 Å². The quantitative estimate of drug-likeness (QED) is 0.445. The number of unbranched alkanes of at least 4 members (excludes halogenated alkanes) is 10. The molecule has 1 amide bonds. The number of hydrogen-bond donors (Lipinski definition) is 0. The Hall–Kier alpha value is -0.730. The lowest BCUT2D eigenvalue weighted by Crippen LogP contribution is -2.42. The van der Waals surface area contributed by atoms with Crippen LogP contribution in [0, 0.1) is 0 Å². The molecule has 0 radical (unpaired) electrons. The van der Waals surface area contributed by atoms with Crippen LogP contribution in [0.5, 0.6) is 0 Å². The van der Waals surface area contributed by atoms with Gasteiger partial charge in [-0.1, -0.05) is 78.1 Å². The molecule has 0 spiro atoms. The average Bonchev–Trinajstić information content (AvgIpc) is 2.43. The monoisotopic (exact) mass is 284 g/mol. The Bertz CT molecular complexity index is 203. The number of carbonyl (C=O) groups excluding carboxylic acids is 1. The lowest BCUT2D eigenvalue weighted by molar-refractivity contribution is -0.265. The average molecular weight is 284 g/mol. The van der Waals surface area contributed by atoms with E-state index in [4.69, 9.17) is 0 Å². The highest BCUT2D eigenvalue weighted by molar-refractivity contribution is 5.62. The van der Waals surface area contributed by atoms with Crippen molar-refractivity contribution in [3.05, 3.63) is 0 Å². The summed E-state index contributed by atoms with van der Waals surface area (Å²) < 4.78 is 0. The highest BCUT2D eigenvalue weighted by Gasteiger charge is 2.03. The summed E-state index contributed by atoms with van der Waals surface area (Å²) in [7, 11) is 0. The van der Waals surface area contributed by atoms with Gasteiger partial charge < -0.3 is 14.8 Å². The maximum absolute atomic E-state index is 11.0. The van der Waals surface area contributed by atoms with Crippen LogP contribution in [0.3, 0.4) is 0 Å². The van der Waals surface area contributed by atoms with Crippen LogP contribution >= 0.6 is 0 Å². The highest BCUT2D eigenvalue weighted by atomic mass is 16.4. The fourth-order valence-corrected chi connectivity index (χ4v) is 2.46. The first-order valence-corrected chi connectivity index (χ1v) is 8.68. The third-order valence-corrected chi connectivity index (χ3v) is 3.82. The zero-order chi connectivity index (χ0) is 15.1. The summed E-state index contributed by atoms with van der Waals surface area (Å²) in [6, 6.07) is 0. The largest absolute Gasteiger partial charge is 0.530 e. The normalized spacial score (nSPS) is 10.7. The number of carbonyl (C=O) groups is 1. The van der Waals surface area contributed by atoms with Crippen LogP contribution in [-0.2, 0) is 0 Å². The molecule has 20 heavy (non-hydrogen) atoms. The van der Waals surface area contributed by atoms with Crippen molar-refractivity contribution in [3.8, 4) is 0 Å². The minimum atomic E-state index is -0.993. The summed E-state index contributed by atoms with van der Waals surface area (Å²) in [5.74, 6) is 0. The van der Waals surface area contributed by atoms with Crippen LogP contribution in [-0.4, -0.2) is 24.1 Å². The minimum Gasteiger partial charge on any atom is -0.530 e. The summed E-state index contributed by atoms with van der Waals surface area (Å²) in [6.07, 6.45) is 13.3. The molecule has 0 N–H and O–H groups in total. The van der Waals surface area contributed by atoms with Gasteiger partial charge in [-0.3, -0.25) is 0 Å². The molecule has 0 aromatic heterocycles. The van der Waals surface area contributed by atoms with Crippen LogP contribution in [0.25, 0.3) is 0 Å². The molecule has 0 atom stereocenters. The topological polar surface area (TPSA) is 43.4 Å². The van der Waals surface area contributed by atoms with Gasteiger partial charge in [0.05, 0.1) is 0 Å². The number of carboxylic acid groups (broad SMARTS) is 1. The molecule has 3 heteroatoms. The number of rotatable bonds is 14. The minimum absolute atomic E-state index is 0.656. The summed E-state index contributed by atoms with van der Waals surface area (Å²) in [6.45, 7) is 5.73. The molecule has 0 aliphatic rings. The summed E-state index contributed by atoms with van der Waals surface area (Å²) >= 11 is 0. The Labute approximate surface area is 125 Å². The van der Waals surface area contributed by atoms with E-state index in [0.717, 1.165) is 25.7 Å². The van der Waals surface area contributed by atoms with E-state index in [-0.39, 0.29) is 0 Å². The van der Waals surface area contributed by atoms with Gasteiger partial charge in [-0.05, 0) is 12.8 Å². The second kappa shape index (κ2) is 14.7. The van der Waals surface area contributed by atoms with Crippen molar-refractivity contribution < 1.29 is 9.90 Å². The Balaban J connectivity index is 3.53. The molecule has 0 heterocycles. The van der Waals surface area contributed by atoms with Gasteiger partial charge in [-0.15, -0.1) is 0 Å². The molecular formula is C17H34NO2-. The van der Waals surface area contributed by atoms with E-state index in [1.165, 1.54) is 56.3 Å². The molecule has 0 aliphatic heterocycles. The van der Waals surface area contributed by atoms with Crippen molar-refractivity contribution in [2.75, 3.05) is 13.1 Å². The molecule has 0 rings (SSSR count). The third kappa shape index (κ3) is 12.3. The fraction of sp³-hybridized carbons (Fsp3) is 0.941. The number of amides is 1. The molecule has 0 fully saturated rings. The maximum Gasteiger partial charge on any atom is 0.136 e. The van der Waals surface area contributed by atoms with Gasteiger partial charge in [-0.2, -0.15) is 0 Å². The lowest BCUT2D eigenvalue weighted by atomic mass is 10.1. The smallest absolute Gasteiger partial charge is 0.136 e. The van der Waals surface area contributed by atoms with Crippen molar-refractivity contribution >= 4 is 6.09 Å². The highest BCUT2D eigenvalue weighted by Crippen LogP contribution is 2.08. The van der Waals surface area contributed by atoms with Gasteiger partial charge in [0, 0.05) is 13.1 Å². The molecule has 120 valence electrons. The number of hydrogen-bond acceptors (Lipinski definition) is 2. The second-order valence-corrected chi connectivity index (χ2v) is 5.79. The van der Waals surface area contributed by atoms with Crippen LogP contribution in [0.2, 0.25) is 0 Å². The van der Waals surface area contributed by atoms with Crippen LogP contribution in [0.4, 0.5) is 4.79 Å². The van der Waals surface area contributed by atoms with Gasteiger partial charge in [-0.25, -0.2) is 0 Å². The van der Waals surface area contributed by atoms with E-state index in [1.807, 2.05) is 0 Å². The van der Waals surface area contributed by atoms with E-state index >= 15 is 0 Å². The Kier molecular flexibility index (Phi) is 14.1. The van der Waals surface area contributed by atoms with Crippen LogP contribution < -0.4 is 5.11 Å². The van der Waals surface area contributed by atoms with Crippen LogP contribution in [0.15, 0.2) is 0 Å². The SMILES string of the molecule is CCCCCCCCN(CCCCCCCC)C(=O)[O-]. The molecule has 3 nitrogen and oxygen atoms in total. The zero-order valence-electron chi connectivity index (χ0n) is 13.7. The van der Waals surface area contributed by atoms with E-state index in [2.05, 4.69) is 13.8 Å². The molecule has 0 saturated heterocycles. The standard InChI is InChI=1S/C17H35NO2/c1-3-5-7-9-11-13-15-18(17(19)20)16-14-12-10-8-6-4-2/h3-16H2,1-2H3,(H,19,20)/p-1. The predicted octanol–water partition coefficient (Wildman–Crippen LogP) is 4.35. The molecule has 0 unspecified atom stereocenters. The maximum atomic E-state index is 11.0. The first-order valence-electron chi connectivity index (χ1n) is 8.68. The molecule has 0 bridgehead atoms. The van der Waals surface area contributed by atoms with E-state index in [1.54, 1.807) is 0 Å². The Morgan fingerprint density at radius 3 is 1.40 bits per heavy atom. The van der Waals surface area contributed by atoms with Crippen molar-refractivity contribution in [1.29, 1.82) is 0 Å². The Morgan fingerprint density at radius 2 is 1.05 bits per heavy atom. The van der Waals surface area contributed by atoms with Gasteiger partial charge in [0.1, 0.15) is 6.09 Å². The van der Waals surface area contributed by atoms with Crippen molar-refractivity contribution in [2.24, 2.45) is 0 Å². The van der Waals surface area contributed by atoms with Crippen molar-refractivity contribution in [1.82, 2.24) is 4.90 Å². The molecule has 0 saturated carbocycles. The molecular weight excluding hydrogens is 250 g/mol. The summed E-state index contributed by atoms with van der Waals surface area (Å²) in [4.78, 5) is 12.5. The van der Waals surface area contributed by atoms with E-state index < -0.39 is 6.09 Å². The van der Waals surface area contributed by atoms with Gasteiger partial charge in [0.2, 0.25) is 0 Å². The predicted molar refractivity (Wildman–Crippen MR) is 83.7 cm³/mol. The van der Waals surface area contributed by atoms with Crippen LogP contribution in [0.1, 0.15) is 90.9 Å². The first kappa shape index (κ1) is 19.3. The van der Waals surface area contributed by atoms with Crippen molar-refractivity contribution in [2.45, 2.75) is 90.9 Å².